The Morgan fingerprint density at radius 1 is 1.03 bits per heavy atom. The molecule has 1 heterocycles. The molecule has 1 amide bonds. The van der Waals surface area contributed by atoms with Crippen LogP contribution in [0.2, 0.25) is 5.02 Å². The second kappa shape index (κ2) is 9.68. The zero-order valence-corrected chi connectivity index (χ0v) is 18.7. The lowest BCUT2D eigenvalue weighted by Crippen LogP contribution is -2.42. The number of halogens is 1. The van der Waals surface area contributed by atoms with Crippen LogP contribution in [0.5, 0.6) is 5.75 Å². The van der Waals surface area contributed by atoms with Crippen LogP contribution in [0.1, 0.15) is 6.42 Å². The smallest absolute Gasteiger partial charge is 0.243 e. The van der Waals surface area contributed by atoms with Gasteiger partial charge in [0, 0.05) is 43.9 Å². The van der Waals surface area contributed by atoms with E-state index in [1.807, 2.05) is 24.3 Å². The number of likely N-dealkylation sites (N-methyl/N-ethyl adjacent to an activating group) is 1. The first-order chi connectivity index (χ1) is 14.3. The molecule has 0 atom stereocenters. The number of carbonyl (C=O) groups excluding carboxylic acids is 1. The van der Waals surface area contributed by atoms with Gasteiger partial charge in [0.2, 0.25) is 15.9 Å². The van der Waals surface area contributed by atoms with Gasteiger partial charge in [0.1, 0.15) is 5.75 Å². The maximum absolute atomic E-state index is 12.8. The molecule has 2 aromatic rings. The van der Waals surface area contributed by atoms with E-state index in [1.165, 1.54) is 31.3 Å². The van der Waals surface area contributed by atoms with Crippen molar-refractivity contribution in [3.05, 3.63) is 53.6 Å². The summed E-state index contributed by atoms with van der Waals surface area (Å²) in [6.07, 6.45) is 0.811. The van der Waals surface area contributed by atoms with Gasteiger partial charge in [0.15, 0.2) is 0 Å². The highest BCUT2D eigenvalue weighted by atomic mass is 35.5. The third-order valence-corrected chi connectivity index (χ3v) is 7.24. The number of hydrogen-bond donors (Lipinski definition) is 0. The lowest BCUT2D eigenvalue weighted by molar-refractivity contribution is -0.131. The molecular weight excluding hydrogens is 426 g/mol. The Bertz CT molecular complexity index is 965. The summed E-state index contributed by atoms with van der Waals surface area (Å²) in [6.45, 7) is 2.45. The second-order valence-electron chi connectivity index (χ2n) is 7.13. The predicted molar refractivity (Wildman–Crippen MR) is 118 cm³/mol. The first-order valence-corrected chi connectivity index (χ1v) is 11.5. The molecule has 0 aromatic heterocycles. The van der Waals surface area contributed by atoms with Crippen molar-refractivity contribution >= 4 is 33.2 Å². The van der Waals surface area contributed by atoms with Gasteiger partial charge in [-0.1, -0.05) is 11.6 Å². The molecule has 0 radical (unpaired) electrons. The van der Waals surface area contributed by atoms with Gasteiger partial charge in [0.25, 0.3) is 0 Å². The van der Waals surface area contributed by atoms with Crippen molar-refractivity contribution in [1.82, 2.24) is 9.21 Å². The number of benzene rings is 2. The molecule has 7 nitrogen and oxygen atoms in total. The average Bonchev–Trinajstić information content (AvgIpc) is 3.00. The van der Waals surface area contributed by atoms with Gasteiger partial charge in [0.05, 0.1) is 18.6 Å². The van der Waals surface area contributed by atoms with Gasteiger partial charge in [-0.2, -0.15) is 4.31 Å². The number of rotatable bonds is 6. The molecule has 0 saturated carbocycles. The molecule has 9 heteroatoms. The Kier molecular flexibility index (Phi) is 7.23. The first-order valence-electron chi connectivity index (χ1n) is 9.70. The number of nitrogens with zero attached hydrogens (tertiary/aromatic N) is 3. The summed E-state index contributed by atoms with van der Waals surface area (Å²) >= 11 is 5.83. The summed E-state index contributed by atoms with van der Waals surface area (Å²) in [5, 5.41) is 0.457. The highest BCUT2D eigenvalue weighted by Gasteiger charge is 2.26. The summed E-state index contributed by atoms with van der Waals surface area (Å²) in [5.74, 6) is 0.599. The molecule has 3 rings (SSSR count). The minimum atomic E-state index is -3.75. The fourth-order valence-corrected chi connectivity index (χ4v) is 4.63. The van der Waals surface area contributed by atoms with E-state index < -0.39 is 10.0 Å². The number of sulfonamides is 1. The van der Waals surface area contributed by atoms with E-state index in [4.69, 9.17) is 16.3 Å². The Morgan fingerprint density at radius 3 is 2.33 bits per heavy atom. The zero-order valence-electron chi connectivity index (χ0n) is 17.1. The number of methoxy groups -OCH3 is 1. The SMILES string of the molecule is COc1ccc(N2CCCN(C(=O)CN(C)S(=O)(=O)c3ccc(Cl)cc3)CC2)cc1. The first kappa shape index (κ1) is 22.4. The summed E-state index contributed by atoms with van der Waals surface area (Å²) in [7, 11) is -0.701. The van der Waals surface area contributed by atoms with Crippen LogP contribution in [0.25, 0.3) is 0 Å². The summed E-state index contributed by atoms with van der Waals surface area (Å²) in [6, 6.07) is 13.8. The van der Waals surface area contributed by atoms with E-state index in [-0.39, 0.29) is 17.3 Å². The molecule has 0 unspecified atom stereocenters. The molecule has 1 aliphatic heterocycles. The van der Waals surface area contributed by atoms with Crippen LogP contribution < -0.4 is 9.64 Å². The monoisotopic (exact) mass is 451 g/mol. The normalized spacial score (nSPS) is 15.2. The van der Waals surface area contributed by atoms with Gasteiger partial charge >= 0.3 is 0 Å². The second-order valence-corrected chi connectivity index (χ2v) is 9.62. The molecule has 1 aliphatic rings. The van der Waals surface area contributed by atoms with Crippen molar-refractivity contribution in [2.45, 2.75) is 11.3 Å². The van der Waals surface area contributed by atoms with Crippen LogP contribution in [0.15, 0.2) is 53.4 Å². The van der Waals surface area contributed by atoms with Crippen LogP contribution in [0, 0.1) is 0 Å². The molecule has 162 valence electrons. The van der Waals surface area contributed by atoms with Crippen LogP contribution in [0.3, 0.4) is 0 Å². The minimum Gasteiger partial charge on any atom is -0.497 e. The molecule has 30 heavy (non-hydrogen) atoms. The van der Waals surface area contributed by atoms with E-state index in [9.17, 15) is 13.2 Å². The molecular formula is C21H26ClN3O4S. The van der Waals surface area contributed by atoms with E-state index >= 15 is 0 Å². The predicted octanol–water partition coefficient (Wildman–Crippen LogP) is 2.71. The average molecular weight is 452 g/mol. The third-order valence-electron chi connectivity index (χ3n) is 5.17. The molecule has 0 aliphatic carbocycles. The Hall–Kier alpha value is -2.29. The maximum atomic E-state index is 12.8. The zero-order chi connectivity index (χ0) is 21.7. The standard InChI is InChI=1S/C21H26ClN3O4S/c1-23(30(27,28)20-10-4-17(22)5-11-20)16-21(26)25-13-3-12-24(14-15-25)18-6-8-19(29-2)9-7-18/h4-11H,3,12-16H2,1-2H3. The van der Waals surface area contributed by atoms with Crippen LogP contribution in [-0.4, -0.2) is 70.4 Å². The Morgan fingerprint density at radius 2 is 1.70 bits per heavy atom. The van der Waals surface area contributed by atoms with E-state index in [2.05, 4.69) is 4.90 Å². The summed E-state index contributed by atoms with van der Waals surface area (Å²) in [5.41, 5.74) is 1.08. The number of amides is 1. The van der Waals surface area contributed by atoms with E-state index in [1.54, 1.807) is 12.0 Å². The largest absolute Gasteiger partial charge is 0.497 e. The summed E-state index contributed by atoms with van der Waals surface area (Å²) in [4.78, 5) is 16.9. The number of carbonyl (C=O) groups is 1. The molecule has 1 saturated heterocycles. The van der Waals surface area contributed by atoms with Crippen LogP contribution >= 0.6 is 11.6 Å². The number of hydrogen-bond acceptors (Lipinski definition) is 5. The van der Waals surface area contributed by atoms with Crippen molar-refractivity contribution in [2.75, 3.05) is 51.8 Å². The molecule has 0 N–H and O–H groups in total. The van der Waals surface area contributed by atoms with Gasteiger partial charge in [-0.3, -0.25) is 4.79 Å². The molecule has 2 aromatic carbocycles. The van der Waals surface area contributed by atoms with Crippen LogP contribution in [0.4, 0.5) is 5.69 Å². The minimum absolute atomic E-state index is 0.115. The fourth-order valence-electron chi connectivity index (χ4n) is 3.38. The molecule has 1 fully saturated rings. The number of anilines is 1. The van der Waals surface area contributed by atoms with Crippen LogP contribution in [-0.2, 0) is 14.8 Å². The van der Waals surface area contributed by atoms with Crippen molar-refractivity contribution in [3.8, 4) is 5.75 Å². The van der Waals surface area contributed by atoms with Crippen molar-refractivity contribution in [3.63, 3.8) is 0 Å². The fraction of sp³-hybridized carbons (Fsp3) is 0.381. The van der Waals surface area contributed by atoms with Crippen molar-refractivity contribution < 1.29 is 17.9 Å². The van der Waals surface area contributed by atoms with Gasteiger partial charge in [-0.25, -0.2) is 8.42 Å². The Balaban J connectivity index is 1.60. The van der Waals surface area contributed by atoms with Crippen molar-refractivity contribution in [2.24, 2.45) is 0 Å². The molecule has 0 spiro atoms. The van der Waals surface area contributed by atoms with Crippen molar-refractivity contribution in [1.29, 1.82) is 0 Å². The third kappa shape index (κ3) is 5.24. The van der Waals surface area contributed by atoms with Gasteiger partial charge in [-0.05, 0) is 55.0 Å². The van der Waals surface area contributed by atoms with E-state index in [0.29, 0.717) is 24.7 Å². The topological polar surface area (TPSA) is 70.2 Å². The van der Waals surface area contributed by atoms with E-state index in [0.717, 1.165) is 28.7 Å². The van der Waals surface area contributed by atoms with Gasteiger partial charge < -0.3 is 14.5 Å². The number of ether oxygens (including phenoxy) is 1. The maximum Gasteiger partial charge on any atom is 0.243 e. The highest BCUT2D eigenvalue weighted by molar-refractivity contribution is 7.89. The van der Waals surface area contributed by atoms with Gasteiger partial charge in [-0.15, -0.1) is 0 Å². The highest BCUT2D eigenvalue weighted by Crippen LogP contribution is 2.21. The lowest BCUT2D eigenvalue weighted by atomic mass is 10.2. The Labute approximate surface area is 182 Å². The molecule has 0 bridgehead atoms. The summed E-state index contributed by atoms with van der Waals surface area (Å²) < 4.78 is 31.7. The lowest BCUT2D eigenvalue weighted by Gasteiger charge is -2.25. The quantitative estimate of drug-likeness (QED) is 0.675.